The highest BCUT2D eigenvalue weighted by Crippen LogP contribution is 2.27. The van der Waals surface area contributed by atoms with Crippen LogP contribution in [-0.4, -0.2) is 14.9 Å². The average molecular weight is 309 g/mol. The Hall–Kier alpha value is -1.52. The summed E-state index contributed by atoms with van der Waals surface area (Å²) >= 11 is 6.03. The van der Waals surface area contributed by atoms with Gasteiger partial charge in [-0.3, -0.25) is 4.68 Å². The van der Waals surface area contributed by atoms with Crippen LogP contribution in [0.15, 0.2) is 30.5 Å². The maximum absolute atomic E-state index is 9.35. The van der Waals surface area contributed by atoms with Crippen molar-refractivity contribution in [2.45, 2.75) is 45.9 Å². The van der Waals surface area contributed by atoms with Crippen molar-refractivity contribution >= 4 is 11.6 Å². The minimum Gasteiger partial charge on any atom is -0.487 e. The fourth-order valence-electron chi connectivity index (χ4n) is 2.30. The molecule has 2 aromatic rings. The molecule has 0 bridgehead atoms. The van der Waals surface area contributed by atoms with Crippen LogP contribution in [0.1, 0.15) is 44.0 Å². The lowest BCUT2D eigenvalue weighted by atomic mass is 10.2. The highest BCUT2D eigenvalue weighted by molar-refractivity contribution is 6.31. The summed E-state index contributed by atoms with van der Waals surface area (Å²) in [5.74, 6) is 0.599. The molecule has 1 aromatic carbocycles. The minimum atomic E-state index is -0.142. The highest BCUT2D eigenvalue weighted by Gasteiger charge is 2.10. The van der Waals surface area contributed by atoms with Crippen LogP contribution in [0, 0.1) is 0 Å². The Morgan fingerprint density at radius 2 is 2.05 bits per heavy atom. The first-order valence-corrected chi connectivity index (χ1v) is 7.62. The Balaban J connectivity index is 2.05. The maximum atomic E-state index is 9.35. The summed E-state index contributed by atoms with van der Waals surface area (Å²) in [6.45, 7) is 4.54. The predicted molar refractivity (Wildman–Crippen MR) is 83.6 cm³/mol. The normalized spacial score (nSPS) is 11.1. The van der Waals surface area contributed by atoms with Crippen LogP contribution in [0.5, 0.6) is 5.75 Å². The van der Waals surface area contributed by atoms with Crippen molar-refractivity contribution in [3.8, 4) is 5.75 Å². The van der Waals surface area contributed by atoms with E-state index in [0.717, 1.165) is 18.5 Å². The van der Waals surface area contributed by atoms with E-state index in [1.54, 1.807) is 18.2 Å². The third-order valence-corrected chi connectivity index (χ3v) is 3.94. The number of aliphatic hydroxyl groups is 1. The molecule has 2 rings (SSSR count). The molecule has 0 aliphatic rings. The molecule has 0 aliphatic carbocycles. The van der Waals surface area contributed by atoms with Gasteiger partial charge in [0.05, 0.1) is 18.3 Å². The van der Waals surface area contributed by atoms with E-state index in [4.69, 9.17) is 16.3 Å². The van der Waals surface area contributed by atoms with Gasteiger partial charge in [-0.15, -0.1) is 0 Å². The number of aromatic nitrogens is 2. The summed E-state index contributed by atoms with van der Waals surface area (Å²) in [7, 11) is 0. The van der Waals surface area contributed by atoms with Crippen molar-refractivity contribution in [3.05, 3.63) is 46.7 Å². The van der Waals surface area contributed by atoms with Gasteiger partial charge in [0.2, 0.25) is 0 Å². The van der Waals surface area contributed by atoms with Gasteiger partial charge in [-0.05, 0) is 31.0 Å². The van der Waals surface area contributed by atoms with Crippen molar-refractivity contribution in [2.24, 2.45) is 0 Å². The molecule has 0 radical (unpaired) electrons. The van der Waals surface area contributed by atoms with E-state index in [0.29, 0.717) is 29.0 Å². The average Bonchev–Trinajstić information content (AvgIpc) is 2.95. The molecule has 0 amide bonds. The molecule has 0 spiro atoms. The topological polar surface area (TPSA) is 47.3 Å². The first-order chi connectivity index (χ1) is 10.2. The molecule has 5 heteroatoms. The van der Waals surface area contributed by atoms with Gasteiger partial charge in [-0.2, -0.15) is 5.10 Å². The van der Waals surface area contributed by atoms with E-state index in [-0.39, 0.29) is 6.61 Å². The summed E-state index contributed by atoms with van der Waals surface area (Å²) in [6.07, 6.45) is 4.10. The SMILES string of the molecule is CCC(CC)n1ccc(COc2cccc(Cl)c2CO)n1. The number of rotatable bonds is 7. The number of benzene rings is 1. The first-order valence-electron chi connectivity index (χ1n) is 7.24. The minimum absolute atomic E-state index is 0.142. The number of ether oxygens (including phenoxy) is 1. The van der Waals surface area contributed by atoms with Crippen LogP contribution in [-0.2, 0) is 13.2 Å². The van der Waals surface area contributed by atoms with Crippen molar-refractivity contribution in [2.75, 3.05) is 0 Å². The van der Waals surface area contributed by atoms with E-state index in [1.807, 2.05) is 16.9 Å². The Labute approximate surface area is 130 Å². The Morgan fingerprint density at radius 1 is 1.29 bits per heavy atom. The Bertz CT molecular complexity index is 579. The zero-order chi connectivity index (χ0) is 15.2. The van der Waals surface area contributed by atoms with Crippen LogP contribution in [0.2, 0.25) is 5.02 Å². The third-order valence-electron chi connectivity index (χ3n) is 3.59. The van der Waals surface area contributed by atoms with Gasteiger partial charge < -0.3 is 9.84 Å². The molecule has 1 aromatic heterocycles. The van der Waals surface area contributed by atoms with Gasteiger partial charge in [-0.25, -0.2) is 0 Å². The number of aliphatic hydroxyl groups excluding tert-OH is 1. The zero-order valence-electron chi connectivity index (χ0n) is 12.4. The number of hydrogen-bond acceptors (Lipinski definition) is 3. The summed E-state index contributed by atoms with van der Waals surface area (Å²) in [5.41, 5.74) is 1.48. The summed E-state index contributed by atoms with van der Waals surface area (Å²) in [5, 5.41) is 14.4. The lowest BCUT2D eigenvalue weighted by molar-refractivity contribution is 0.256. The van der Waals surface area contributed by atoms with E-state index >= 15 is 0 Å². The van der Waals surface area contributed by atoms with E-state index in [1.165, 1.54) is 0 Å². The van der Waals surface area contributed by atoms with Crippen molar-refractivity contribution < 1.29 is 9.84 Å². The number of halogens is 1. The third kappa shape index (κ3) is 3.77. The van der Waals surface area contributed by atoms with Crippen LogP contribution >= 0.6 is 11.6 Å². The predicted octanol–water partition coefficient (Wildman–Crippen LogP) is 3.97. The largest absolute Gasteiger partial charge is 0.487 e. The molecule has 0 atom stereocenters. The molecule has 0 saturated carbocycles. The smallest absolute Gasteiger partial charge is 0.132 e. The maximum Gasteiger partial charge on any atom is 0.132 e. The molecule has 1 N–H and O–H groups in total. The van der Waals surface area contributed by atoms with Crippen LogP contribution in [0.4, 0.5) is 0 Å². The van der Waals surface area contributed by atoms with Gasteiger partial charge >= 0.3 is 0 Å². The Kier molecular flexibility index (Phi) is 5.65. The summed E-state index contributed by atoms with van der Waals surface area (Å²) < 4.78 is 7.72. The number of nitrogens with zero attached hydrogens (tertiary/aromatic N) is 2. The van der Waals surface area contributed by atoms with Crippen LogP contribution in [0.3, 0.4) is 0 Å². The molecule has 21 heavy (non-hydrogen) atoms. The fourth-order valence-corrected chi connectivity index (χ4v) is 2.53. The molecular formula is C16H21ClN2O2. The van der Waals surface area contributed by atoms with Gasteiger partial charge in [0, 0.05) is 16.8 Å². The lowest BCUT2D eigenvalue weighted by Crippen LogP contribution is -2.08. The van der Waals surface area contributed by atoms with Gasteiger partial charge in [0.1, 0.15) is 12.4 Å². The molecule has 0 aliphatic heterocycles. The van der Waals surface area contributed by atoms with Gasteiger partial charge in [0.15, 0.2) is 0 Å². The molecular weight excluding hydrogens is 288 g/mol. The van der Waals surface area contributed by atoms with E-state index < -0.39 is 0 Å². The van der Waals surface area contributed by atoms with Crippen molar-refractivity contribution in [3.63, 3.8) is 0 Å². The molecule has 0 unspecified atom stereocenters. The quantitative estimate of drug-likeness (QED) is 0.842. The standard InChI is InChI=1S/C16H21ClN2O2/c1-3-13(4-2)19-9-8-12(18-19)11-21-16-7-5-6-15(17)14(16)10-20/h5-9,13,20H,3-4,10-11H2,1-2H3. The highest BCUT2D eigenvalue weighted by atomic mass is 35.5. The second kappa shape index (κ2) is 7.48. The lowest BCUT2D eigenvalue weighted by Gasteiger charge is -2.13. The van der Waals surface area contributed by atoms with Crippen molar-refractivity contribution in [1.29, 1.82) is 0 Å². The molecule has 114 valence electrons. The second-order valence-electron chi connectivity index (χ2n) is 4.92. The van der Waals surface area contributed by atoms with Gasteiger partial charge in [0.25, 0.3) is 0 Å². The van der Waals surface area contributed by atoms with Crippen LogP contribution in [0.25, 0.3) is 0 Å². The molecule has 0 fully saturated rings. The fraction of sp³-hybridized carbons (Fsp3) is 0.438. The number of hydrogen-bond donors (Lipinski definition) is 1. The molecule has 0 saturated heterocycles. The monoisotopic (exact) mass is 308 g/mol. The Morgan fingerprint density at radius 3 is 2.71 bits per heavy atom. The van der Waals surface area contributed by atoms with E-state index in [9.17, 15) is 5.11 Å². The summed E-state index contributed by atoms with van der Waals surface area (Å²) in [4.78, 5) is 0. The van der Waals surface area contributed by atoms with E-state index in [2.05, 4.69) is 18.9 Å². The van der Waals surface area contributed by atoms with Crippen LogP contribution < -0.4 is 4.74 Å². The second-order valence-corrected chi connectivity index (χ2v) is 5.33. The molecule has 1 heterocycles. The molecule has 4 nitrogen and oxygen atoms in total. The summed E-state index contributed by atoms with van der Waals surface area (Å²) in [6, 6.07) is 7.73. The first kappa shape index (κ1) is 15.9. The van der Waals surface area contributed by atoms with Gasteiger partial charge in [-0.1, -0.05) is 31.5 Å². The van der Waals surface area contributed by atoms with Crippen molar-refractivity contribution in [1.82, 2.24) is 9.78 Å². The zero-order valence-corrected chi connectivity index (χ0v) is 13.2.